The molecule has 0 aromatic heterocycles. The summed E-state index contributed by atoms with van der Waals surface area (Å²) in [4.78, 5) is 12.6. The van der Waals surface area contributed by atoms with Gasteiger partial charge in [0.2, 0.25) is 5.91 Å². The standard InChI is InChI=1S/C17H18ClN3O3S/c1-25(23,24)14-8-6-13(7-9-14)19-17(22)16-10-15(20-21-16)11-2-4-12(18)5-3-11/h2-9,15-16,20-21H,10H2,1H3,(H,19,22). The van der Waals surface area contributed by atoms with E-state index in [2.05, 4.69) is 16.2 Å². The van der Waals surface area contributed by atoms with Crippen molar-refractivity contribution in [2.45, 2.75) is 23.4 Å². The SMILES string of the molecule is CS(=O)(=O)c1ccc(NC(=O)C2CC(c3ccc(Cl)cc3)NN2)cc1. The Morgan fingerprint density at radius 3 is 2.32 bits per heavy atom. The first-order chi connectivity index (χ1) is 11.8. The first-order valence-corrected chi connectivity index (χ1v) is 9.97. The molecule has 3 N–H and O–H groups in total. The monoisotopic (exact) mass is 379 g/mol. The maximum absolute atomic E-state index is 12.4. The van der Waals surface area contributed by atoms with Crippen molar-refractivity contribution in [1.82, 2.24) is 10.9 Å². The van der Waals surface area contributed by atoms with Gasteiger partial charge in [-0.25, -0.2) is 19.3 Å². The Kier molecular flexibility index (Phi) is 5.10. The van der Waals surface area contributed by atoms with Crippen LogP contribution in [0.25, 0.3) is 0 Å². The van der Waals surface area contributed by atoms with Gasteiger partial charge in [0, 0.05) is 23.0 Å². The van der Waals surface area contributed by atoms with Crippen LogP contribution in [0.15, 0.2) is 53.4 Å². The number of carbonyl (C=O) groups excluding carboxylic acids is 1. The second kappa shape index (κ2) is 7.13. The lowest BCUT2D eigenvalue weighted by atomic mass is 10.0. The molecule has 1 aliphatic rings. The minimum Gasteiger partial charge on any atom is -0.325 e. The van der Waals surface area contributed by atoms with Gasteiger partial charge in [0.05, 0.1) is 4.90 Å². The van der Waals surface area contributed by atoms with E-state index in [1.807, 2.05) is 24.3 Å². The van der Waals surface area contributed by atoms with Gasteiger partial charge in [-0.1, -0.05) is 23.7 Å². The van der Waals surface area contributed by atoms with E-state index >= 15 is 0 Å². The zero-order valence-corrected chi connectivity index (χ0v) is 15.1. The van der Waals surface area contributed by atoms with Gasteiger partial charge in [-0.3, -0.25) is 4.79 Å². The fourth-order valence-electron chi connectivity index (χ4n) is 2.66. The van der Waals surface area contributed by atoms with E-state index in [0.717, 1.165) is 11.8 Å². The number of rotatable bonds is 4. The molecule has 2 atom stereocenters. The average molecular weight is 380 g/mol. The van der Waals surface area contributed by atoms with Crippen LogP contribution in [0.1, 0.15) is 18.0 Å². The van der Waals surface area contributed by atoms with Gasteiger partial charge in [-0.05, 0) is 48.4 Å². The number of amides is 1. The quantitative estimate of drug-likeness (QED) is 0.758. The molecule has 0 spiro atoms. The molecule has 0 bridgehead atoms. The predicted molar refractivity (Wildman–Crippen MR) is 97.1 cm³/mol. The van der Waals surface area contributed by atoms with Crippen LogP contribution in [-0.4, -0.2) is 26.6 Å². The Balaban J connectivity index is 1.61. The number of halogens is 1. The fourth-order valence-corrected chi connectivity index (χ4v) is 3.41. The summed E-state index contributed by atoms with van der Waals surface area (Å²) in [7, 11) is -3.25. The van der Waals surface area contributed by atoms with Crippen molar-refractivity contribution < 1.29 is 13.2 Å². The second-order valence-corrected chi connectivity index (χ2v) is 8.42. The van der Waals surface area contributed by atoms with Crippen LogP contribution in [0.4, 0.5) is 5.69 Å². The molecule has 0 radical (unpaired) electrons. The lowest BCUT2D eigenvalue weighted by molar-refractivity contribution is -0.117. The van der Waals surface area contributed by atoms with E-state index in [1.54, 1.807) is 12.1 Å². The molecule has 0 aliphatic carbocycles. The third-order valence-electron chi connectivity index (χ3n) is 4.04. The smallest absolute Gasteiger partial charge is 0.242 e. The van der Waals surface area contributed by atoms with Crippen LogP contribution < -0.4 is 16.2 Å². The molecule has 8 heteroatoms. The highest BCUT2D eigenvalue weighted by Gasteiger charge is 2.30. The van der Waals surface area contributed by atoms with E-state index in [-0.39, 0.29) is 16.8 Å². The highest BCUT2D eigenvalue weighted by atomic mass is 35.5. The summed E-state index contributed by atoms with van der Waals surface area (Å²) in [6, 6.07) is 13.2. The van der Waals surface area contributed by atoms with Crippen LogP contribution in [0.3, 0.4) is 0 Å². The van der Waals surface area contributed by atoms with Crippen molar-refractivity contribution >= 4 is 33.0 Å². The molecule has 1 heterocycles. The summed E-state index contributed by atoms with van der Waals surface area (Å²) in [5, 5.41) is 3.45. The molecule has 1 amide bonds. The maximum atomic E-state index is 12.4. The summed E-state index contributed by atoms with van der Waals surface area (Å²) in [6.07, 6.45) is 1.74. The van der Waals surface area contributed by atoms with Crippen molar-refractivity contribution in [2.75, 3.05) is 11.6 Å². The molecule has 132 valence electrons. The average Bonchev–Trinajstić information content (AvgIpc) is 3.05. The lowest BCUT2D eigenvalue weighted by Crippen LogP contribution is -2.39. The molecular formula is C17H18ClN3O3S. The maximum Gasteiger partial charge on any atom is 0.242 e. The lowest BCUT2D eigenvalue weighted by Gasteiger charge is -2.11. The van der Waals surface area contributed by atoms with Gasteiger partial charge in [-0.15, -0.1) is 0 Å². The molecule has 1 fully saturated rings. The van der Waals surface area contributed by atoms with Crippen molar-refractivity contribution in [3.05, 3.63) is 59.1 Å². The Labute approximate surface area is 151 Å². The van der Waals surface area contributed by atoms with Crippen molar-refractivity contribution in [3.8, 4) is 0 Å². The summed E-state index contributed by atoms with van der Waals surface area (Å²) in [5.74, 6) is -0.184. The fraction of sp³-hybridized carbons (Fsp3) is 0.235. The zero-order chi connectivity index (χ0) is 18.0. The molecule has 25 heavy (non-hydrogen) atoms. The van der Waals surface area contributed by atoms with Gasteiger partial charge < -0.3 is 5.32 Å². The third kappa shape index (κ3) is 4.38. The minimum absolute atomic E-state index is 0.0145. The molecule has 3 rings (SSSR count). The Morgan fingerprint density at radius 2 is 1.72 bits per heavy atom. The van der Waals surface area contributed by atoms with E-state index in [0.29, 0.717) is 17.1 Å². The van der Waals surface area contributed by atoms with E-state index in [1.165, 1.54) is 12.1 Å². The van der Waals surface area contributed by atoms with Crippen molar-refractivity contribution in [1.29, 1.82) is 0 Å². The number of benzene rings is 2. The van der Waals surface area contributed by atoms with Gasteiger partial charge in [0.15, 0.2) is 9.84 Å². The van der Waals surface area contributed by atoms with Crippen LogP contribution in [0.5, 0.6) is 0 Å². The number of hydrogen-bond donors (Lipinski definition) is 3. The molecule has 6 nitrogen and oxygen atoms in total. The number of hydrogen-bond acceptors (Lipinski definition) is 5. The summed E-state index contributed by atoms with van der Waals surface area (Å²) in [5.41, 5.74) is 7.69. The normalized spacial score (nSPS) is 20.4. The van der Waals surface area contributed by atoms with Gasteiger partial charge in [-0.2, -0.15) is 0 Å². The summed E-state index contributed by atoms with van der Waals surface area (Å²) in [6.45, 7) is 0. The van der Waals surface area contributed by atoms with Gasteiger partial charge in [0.25, 0.3) is 0 Å². The van der Waals surface area contributed by atoms with Gasteiger partial charge >= 0.3 is 0 Å². The molecule has 1 saturated heterocycles. The van der Waals surface area contributed by atoms with Crippen LogP contribution in [0, 0.1) is 0 Å². The first-order valence-electron chi connectivity index (χ1n) is 7.70. The first kappa shape index (κ1) is 17.9. The Bertz CT molecular complexity index is 867. The Morgan fingerprint density at radius 1 is 1.08 bits per heavy atom. The van der Waals surface area contributed by atoms with E-state index in [9.17, 15) is 13.2 Å². The van der Waals surface area contributed by atoms with E-state index in [4.69, 9.17) is 11.6 Å². The minimum atomic E-state index is -3.25. The third-order valence-corrected chi connectivity index (χ3v) is 5.42. The van der Waals surface area contributed by atoms with Crippen molar-refractivity contribution in [3.63, 3.8) is 0 Å². The summed E-state index contributed by atoms with van der Waals surface area (Å²) >= 11 is 5.89. The van der Waals surface area contributed by atoms with E-state index < -0.39 is 15.9 Å². The molecular weight excluding hydrogens is 362 g/mol. The molecule has 2 aromatic carbocycles. The van der Waals surface area contributed by atoms with Crippen LogP contribution in [0.2, 0.25) is 5.02 Å². The number of sulfone groups is 1. The van der Waals surface area contributed by atoms with Crippen LogP contribution >= 0.6 is 11.6 Å². The Hall–Kier alpha value is -1.93. The highest BCUT2D eigenvalue weighted by molar-refractivity contribution is 7.90. The molecule has 2 aromatic rings. The number of carbonyl (C=O) groups is 1. The predicted octanol–water partition coefficient (Wildman–Crippen LogP) is 2.29. The van der Waals surface area contributed by atoms with Crippen molar-refractivity contribution in [2.24, 2.45) is 0 Å². The number of hydrazine groups is 1. The number of nitrogens with one attached hydrogen (secondary N) is 3. The molecule has 2 unspecified atom stereocenters. The van der Waals surface area contributed by atoms with Gasteiger partial charge in [0.1, 0.15) is 6.04 Å². The topological polar surface area (TPSA) is 87.3 Å². The number of anilines is 1. The molecule has 1 aliphatic heterocycles. The summed E-state index contributed by atoms with van der Waals surface area (Å²) < 4.78 is 22.9. The highest BCUT2D eigenvalue weighted by Crippen LogP contribution is 2.24. The van der Waals surface area contributed by atoms with Crippen LogP contribution in [-0.2, 0) is 14.6 Å². The molecule has 0 saturated carbocycles. The zero-order valence-electron chi connectivity index (χ0n) is 13.5. The second-order valence-electron chi connectivity index (χ2n) is 5.97. The largest absolute Gasteiger partial charge is 0.325 e.